The van der Waals surface area contributed by atoms with Crippen molar-refractivity contribution in [2.45, 2.75) is 13.3 Å². The lowest BCUT2D eigenvalue weighted by atomic mass is 10.1. The third-order valence-corrected chi connectivity index (χ3v) is 3.49. The molecule has 1 fully saturated rings. The van der Waals surface area contributed by atoms with Crippen LogP contribution in [0.2, 0.25) is 0 Å². The van der Waals surface area contributed by atoms with Crippen molar-refractivity contribution >= 4 is 11.7 Å². The third kappa shape index (κ3) is 3.41. The molecule has 6 nitrogen and oxygen atoms in total. The van der Waals surface area contributed by atoms with Crippen molar-refractivity contribution < 1.29 is 4.79 Å². The fraction of sp³-hybridized carbons (Fsp3) is 0.615. The Morgan fingerprint density at radius 1 is 1.37 bits per heavy atom. The molecule has 2 N–H and O–H groups in total. The van der Waals surface area contributed by atoms with Crippen LogP contribution in [0.15, 0.2) is 18.6 Å². The van der Waals surface area contributed by atoms with Gasteiger partial charge in [-0.15, -0.1) is 0 Å². The van der Waals surface area contributed by atoms with E-state index in [0.717, 1.165) is 38.4 Å². The maximum atomic E-state index is 12.2. The Labute approximate surface area is 113 Å². The molecule has 1 saturated heterocycles. The second-order valence-corrected chi connectivity index (χ2v) is 4.85. The number of rotatable bonds is 4. The third-order valence-electron chi connectivity index (χ3n) is 3.49. The average Bonchev–Trinajstić information content (AvgIpc) is 2.48. The lowest BCUT2D eigenvalue weighted by molar-refractivity contribution is -0.135. The van der Waals surface area contributed by atoms with E-state index < -0.39 is 0 Å². The molecule has 1 aliphatic heterocycles. The van der Waals surface area contributed by atoms with E-state index >= 15 is 0 Å². The van der Waals surface area contributed by atoms with Crippen molar-refractivity contribution in [3.63, 3.8) is 0 Å². The minimum absolute atomic E-state index is 0.0214. The highest BCUT2D eigenvalue weighted by atomic mass is 16.2. The summed E-state index contributed by atoms with van der Waals surface area (Å²) in [6.45, 7) is 5.60. The number of carbonyl (C=O) groups is 1. The molecular formula is C13H21N5O. The van der Waals surface area contributed by atoms with Gasteiger partial charge >= 0.3 is 0 Å². The number of nitrogens with two attached hydrogens (primary N) is 1. The van der Waals surface area contributed by atoms with Gasteiger partial charge in [-0.3, -0.25) is 9.78 Å². The molecule has 0 spiro atoms. The van der Waals surface area contributed by atoms with Crippen LogP contribution in [-0.4, -0.2) is 53.5 Å². The van der Waals surface area contributed by atoms with Crippen LogP contribution in [0, 0.1) is 5.92 Å². The first-order chi connectivity index (χ1) is 9.22. The molecule has 0 aliphatic carbocycles. The summed E-state index contributed by atoms with van der Waals surface area (Å²) in [5, 5.41) is 0. The molecule has 1 aromatic rings. The molecule has 6 heteroatoms. The summed E-state index contributed by atoms with van der Waals surface area (Å²) in [5.41, 5.74) is 5.50. The van der Waals surface area contributed by atoms with E-state index in [2.05, 4.69) is 14.9 Å². The molecule has 1 amide bonds. The van der Waals surface area contributed by atoms with Crippen molar-refractivity contribution in [2.75, 3.05) is 37.6 Å². The van der Waals surface area contributed by atoms with Gasteiger partial charge in [0.1, 0.15) is 5.82 Å². The number of carbonyl (C=O) groups excluding carboxylic acids is 1. The van der Waals surface area contributed by atoms with Crippen LogP contribution in [0.3, 0.4) is 0 Å². The molecular weight excluding hydrogens is 242 g/mol. The van der Waals surface area contributed by atoms with Crippen LogP contribution in [0.4, 0.5) is 5.82 Å². The Bertz CT molecular complexity index is 403. The fourth-order valence-corrected chi connectivity index (χ4v) is 2.30. The first kappa shape index (κ1) is 13.7. The number of hydrogen-bond donors (Lipinski definition) is 1. The minimum Gasteiger partial charge on any atom is -0.352 e. The van der Waals surface area contributed by atoms with Crippen LogP contribution in [0.25, 0.3) is 0 Å². The number of anilines is 1. The van der Waals surface area contributed by atoms with Crippen LogP contribution < -0.4 is 10.6 Å². The van der Waals surface area contributed by atoms with Gasteiger partial charge in [0.25, 0.3) is 0 Å². The highest BCUT2D eigenvalue weighted by molar-refractivity contribution is 5.78. The summed E-state index contributed by atoms with van der Waals surface area (Å²) >= 11 is 0. The molecule has 0 radical (unpaired) electrons. The van der Waals surface area contributed by atoms with Gasteiger partial charge < -0.3 is 15.5 Å². The summed E-state index contributed by atoms with van der Waals surface area (Å²) < 4.78 is 0. The summed E-state index contributed by atoms with van der Waals surface area (Å²) in [6, 6.07) is 0. The topological polar surface area (TPSA) is 75.4 Å². The SMILES string of the molecule is CC(CCN)C(=O)N1CCN(c2cnccn2)CC1. The first-order valence-corrected chi connectivity index (χ1v) is 6.72. The molecule has 0 saturated carbocycles. The molecule has 19 heavy (non-hydrogen) atoms. The van der Waals surface area contributed by atoms with E-state index in [1.54, 1.807) is 18.6 Å². The van der Waals surface area contributed by atoms with Gasteiger partial charge in [0.15, 0.2) is 0 Å². The van der Waals surface area contributed by atoms with E-state index in [1.807, 2.05) is 11.8 Å². The molecule has 2 rings (SSSR count). The van der Waals surface area contributed by atoms with Crippen molar-refractivity contribution in [2.24, 2.45) is 11.7 Å². The summed E-state index contributed by atoms with van der Waals surface area (Å²) in [5.74, 6) is 1.11. The first-order valence-electron chi connectivity index (χ1n) is 6.72. The summed E-state index contributed by atoms with van der Waals surface area (Å²) in [6.07, 6.45) is 5.87. The number of hydrogen-bond acceptors (Lipinski definition) is 5. The highest BCUT2D eigenvalue weighted by Crippen LogP contribution is 2.14. The van der Waals surface area contributed by atoms with Gasteiger partial charge in [-0.2, -0.15) is 0 Å². The monoisotopic (exact) mass is 263 g/mol. The fourth-order valence-electron chi connectivity index (χ4n) is 2.30. The number of piperazine rings is 1. The highest BCUT2D eigenvalue weighted by Gasteiger charge is 2.24. The quantitative estimate of drug-likeness (QED) is 0.834. The van der Waals surface area contributed by atoms with Gasteiger partial charge in [-0.25, -0.2) is 4.98 Å². The van der Waals surface area contributed by atoms with E-state index in [4.69, 9.17) is 5.73 Å². The van der Waals surface area contributed by atoms with Crippen molar-refractivity contribution in [1.82, 2.24) is 14.9 Å². The molecule has 1 aliphatic rings. The largest absolute Gasteiger partial charge is 0.352 e. The lowest BCUT2D eigenvalue weighted by Gasteiger charge is -2.36. The zero-order valence-corrected chi connectivity index (χ0v) is 11.3. The summed E-state index contributed by atoms with van der Waals surface area (Å²) in [4.78, 5) is 24.6. The van der Waals surface area contributed by atoms with Crippen LogP contribution in [0.5, 0.6) is 0 Å². The van der Waals surface area contributed by atoms with Crippen molar-refractivity contribution in [3.8, 4) is 0 Å². The molecule has 1 unspecified atom stereocenters. The Morgan fingerprint density at radius 2 is 2.11 bits per heavy atom. The zero-order chi connectivity index (χ0) is 13.7. The maximum Gasteiger partial charge on any atom is 0.225 e. The number of amides is 1. The normalized spacial score (nSPS) is 17.4. The van der Waals surface area contributed by atoms with Crippen LogP contribution in [0.1, 0.15) is 13.3 Å². The number of aromatic nitrogens is 2. The van der Waals surface area contributed by atoms with Crippen LogP contribution in [-0.2, 0) is 4.79 Å². The van der Waals surface area contributed by atoms with Gasteiger partial charge in [-0.05, 0) is 13.0 Å². The van der Waals surface area contributed by atoms with Crippen molar-refractivity contribution in [1.29, 1.82) is 0 Å². The molecule has 104 valence electrons. The predicted molar refractivity (Wildman–Crippen MR) is 73.7 cm³/mol. The minimum atomic E-state index is 0.0214. The molecule has 1 atom stereocenters. The maximum absolute atomic E-state index is 12.2. The second-order valence-electron chi connectivity index (χ2n) is 4.85. The zero-order valence-electron chi connectivity index (χ0n) is 11.3. The van der Waals surface area contributed by atoms with Crippen molar-refractivity contribution in [3.05, 3.63) is 18.6 Å². The smallest absolute Gasteiger partial charge is 0.225 e. The van der Waals surface area contributed by atoms with E-state index in [0.29, 0.717) is 6.54 Å². The average molecular weight is 263 g/mol. The van der Waals surface area contributed by atoms with Gasteiger partial charge in [0.05, 0.1) is 6.20 Å². The molecule has 1 aromatic heterocycles. The van der Waals surface area contributed by atoms with Gasteiger partial charge in [-0.1, -0.05) is 6.92 Å². The Hall–Kier alpha value is -1.69. The van der Waals surface area contributed by atoms with E-state index in [1.165, 1.54) is 0 Å². The Morgan fingerprint density at radius 3 is 2.68 bits per heavy atom. The van der Waals surface area contributed by atoms with Gasteiger partial charge in [0, 0.05) is 44.5 Å². The Kier molecular flexibility index (Phi) is 4.68. The number of nitrogens with zero attached hydrogens (tertiary/aromatic N) is 4. The molecule has 2 heterocycles. The van der Waals surface area contributed by atoms with Crippen LogP contribution >= 0.6 is 0 Å². The lowest BCUT2D eigenvalue weighted by Crippen LogP contribution is -2.50. The second kappa shape index (κ2) is 6.47. The molecule has 0 bridgehead atoms. The van der Waals surface area contributed by atoms with E-state index in [9.17, 15) is 4.79 Å². The Balaban J connectivity index is 1.87. The standard InChI is InChI=1S/C13H21N5O/c1-11(2-3-14)13(19)18-8-6-17(7-9-18)12-10-15-4-5-16-12/h4-5,10-11H,2-3,6-9,14H2,1H3. The van der Waals surface area contributed by atoms with E-state index in [-0.39, 0.29) is 11.8 Å². The van der Waals surface area contributed by atoms with Gasteiger partial charge in [0.2, 0.25) is 5.91 Å². The predicted octanol–water partition coefficient (Wildman–Crippen LogP) is 0.110. The summed E-state index contributed by atoms with van der Waals surface area (Å²) in [7, 11) is 0. The molecule has 0 aromatic carbocycles.